The molecule has 0 fully saturated rings. The van der Waals surface area contributed by atoms with E-state index in [2.05, 4.69) is 46.6 Å². The molecule has 0 saturated carbocycles. The zero-order valence-electron chi connectivity index (χ0n) is 11.0. The van der Waals surface area contributed by atoms with Crippen molar-refractivity contribution in [2.24, 2.45) is 0 Å². The molecule has 100 valence electrons. The highest BCUT2D eigenvalue weighted by Crippen LogP contribution is 2.23. The maximum Gasteiger partial charge on any atom is 0.213 e. The minimum atomic E-state index is 0.514. The zero-order chi connectivity index (χ0) is 13.7. The molecule has 0 spiro atoms. The third kappa shape index (κ3) is 3.83. The minimum absolute atomic E-state index is 0.514. The normalized spacial score (nSPS) is 10.3. The van der Waals surface area contributed by atoms with Gasteiger partial charge in [-0.15, -0.1) is 0 Å². The molecule has 2 aromatic rings. The van der Waals surface area contributed by atoms with E-state index in [9.17, 15) is 0 Å². The maximum absolute atomic E-state index is 5.83. The number of hydrogen-bond donors (Lipinski definition) is 0. The van der Waals surface area contributed by atoms with Crippen LogP contribution in [0.1, 0.15) is 18.1 Å². The third-order valence-corrected chi connectivity index (χ3v) is 3.65. The number of halogens is 1. The summed E-state index contributed by atoms with van der Waals surface area (Å²) < 4.78 is 12.1. The summed E-state index contributed by atoms with van der Waals surface area (Å²) in [6.07, 6.45) is 2.76. The van der Waals surface area contributed by atoms with Crippen molar-refractivity contribution in [3.8, 4) is 11.6 Å². The van der Waals surface area contributed by atoms with Crippen LogP contribution >= 0.6 is 22.6 Å². The number of aryl methyl sites for hydroxylation is 1. The third-order valence-electron chi connectivity index (χ3n) is 2.81. The molecule has 0 amide bonds. The van der Waals surface area contributed by atoms with Gasteiger partial charge in [0.2, 0.25) is 5.88 Å². The summed E-state index contributed by atoms with van der Waals surface area (Å²) in [5, 5.41) is 0. The van der Waals surface area contributed by atoms with Crippen molar-refractivity contribution < 1.29 is 9.47 Å². The van der Waals surface area contributed by atoms with E-state index in [1.54, 1.807) is 13.3 Å². The lowest BCUT2D eigenvalue weighted by molar-refractivity contribution is 0.302. The van der Waals surface area contributed by atoms with Gasteiger partial charge in [-0.25, -0.2) is 4.98 Å². The highest BCUT2D eigenvalue weighted by Gasteiger charge is 2.03. The Hall–Kier alpha value is -1.30. The van der Waals surface area contributed by atoms with Crippen LogP contribution in [0.4, 0.5) is 0 Å². The van der Waals surface area contributed by atoms with Gasteiger partial charge in [0.15, 0.2) is 0 Å². The van der Waals surface area contributed by atoms with Gasteiger partial charge in [-0.3, -0.25) is 0 Å². The number of nitrogens with zero attached hydrogens (tertiary/aromatic N) is 1. The molecular weight excluding hydrogens is 353 g/mol. The van der Waals surface area contributed by atoms with Crippen molar-refractivity contribution in [2.75, 3.05) is 7.11 Å². The number of pyridine rings is 1. The monoisotopic (exact) mass is 369 g/mol. The fourth-order valence-electron chi connectivity index (χ4n) is 1.69. The molecule has 0 radical (unpaired) electrons. The standard InChI is InChI=1S/C15H16INO2/c1-3-11-4-5-14(13(16)8-11)19-10-12-6-7-17-15(9-12)18-2/h4-9H,3,10H2,1-2H3. The van der Waals surface area contributed by atoms with Crippen molar-refractivity contribution in [1.82, 2.24) is 4.98 Å². The van der Waals surface area contributed by atoms with E-state index in [-0.39, 0.29) is 0 Å². The van der Waals surface area contributed by atoms with Crippen LogP contribution in [0.2, 0.25) is 0 Å². The Bertz CT molecular complexity index is 558. The smallest absolute Gasteiger partial charge is 0.213 e. The molecule has 0 saturated heterocycles. The first-order valence-corrected chi connectivity index (χ1v) is 7.21. The Labute approximate surface area is 127 Å². The van der Waals surface area contributed by atoms with E-state index in [1.807, 2.05) is 18.2 Å². The molecule has 0 N–H and O–H groups in total. The first kappa shape index (κ1) is 14.1. The van der Waals surface area contributed by atoms with Crippen molar-refractivity contribution >= 4 is 22.6 Å². The fraction of sp³-hybridized carbons (Fsp3) is 0.267. The van der Waals surface area contributed by atoms with Gasteiger partial charge >= 0.3 is 0 Å². The van der Waals surface area contributed by atoms with Crippen LogP contribution in [0.3, 0.4) is 0 Å². The maximum atomic E-state index is 5.83. The summed E-state index contributed by atoms with van der Waals surface area (Å²) in [5.41, 5.74) is 2.37. The Morgan fingerprint density at radius 3 is 2.68 bits per heavy atom. The molecule has 0 unspecified atom stereocenters. The lowest BCUT2D eigenvalue weighted by Crippen LogP contribution is -1.98. The van der Waals surface area contributed by atoms with Crippen LogP contribution in [0.5, 0.6) is 11.6 Å². The number of methoxy groups -OCH3 is 1. The van der Waals surface area contributed by atoms with E-state index in [0.717, 1.165) is 21.3 Å². The molecule has 1 aromatic carbocycles. The van der Waals surface area contributed by atoms with Crippen LogP contribution < -0.4 is 9.47 Å². The van der Waals surface area contributed by atoms with Gasteiger partial charge in [-0.05, 0) is 58.3 Å². The molecule has 4 heteroatoms. The number of aromatic nitrogens is 1. The van der Waals surface area contributed by atoms with Gasteiger partial charge in [-0.1, -0.05) is 13.0 Å². The van der Waals surface area contributed by atoms with E-state index in [4.69, 9.17) is 9.47 Å². The average Bonchev–Trinajstić information content (AvgIpc) is 2.46. The van der Waals surface area contributed by atoms with Gasteiger partial charge in [-0.2, -0.15) is 0 Å². The quantitative estimate of drug-likeness (QED) is 0.751. The van der Waals surface area contributed by atoms with Gasteiger partial charge in [0.05, 0.1) is 10.7 Å². The highest BCUT2D eigenvalue weighted by molar-refractivity contribution is 14.1. The second-order valence-electron chi connectivity index (χ2n) is 4.11. The summed E-state index contributed by atoms with van der Waals surface area (Å²) in [6.45, 7) is 2.66. The van der Waals surface area contributed by atoms with Gasteiger partial charge in [0, 0.05) is 12.3 Å². The number of hydrogen-bond acceptors (Lipinski definition) is 3. The van der Waals surface area contributed by atoms with E-state index in [0.29, 0.717) is 12.5 Å². The number of benzene rings is 1. The van der Waals surface area contributed by atoms with Crippen molar-refractivity contribution in [3.63, 3.8) is 0 Å². The Morgan fingerprint density at radius 2 is 2.00 bits per heavy atom. The minimum Gasteiger partial charge on any atom is -0.488 e. The molecule has 0 aliphatic rings. The largest absolute Gasteiger partial charge is 0.488 e. The van der Waals surface area contributed by atoms with Crippen molar-refractivity contribution in [1.29, 1.82) is 0 Å². The highest BCUT2D eigenvalue weighted by atomic mass is 127. The van der Waals surface area contributed by atoms with E-state index < -0.39 is 0 Å². The van der Waals surface area contributed by atoms with Crippen LogP contribution in [0.15, 0.2) is 36.5 Å². The second-order valence-corrected chi connectivity index (χ2v) is 5.28. The lowest BCUT2D eigenvalue weighted by Gasteiger charge is -2.10. The van der Waals surface area contributed by atoms with Crippen LogP contribution in [-0.4, -0.2) is 12.1 Å². The van der Waals surface area contributed by atoms with Gasteiger partial charge in [0.1, 0.15) is 12.4 Å². The molecule has 0 bridgehead atoms. The van der Waals surface area contributed by atoms with Crippen LogP contribution in [-0.2, 0) is 13.0 Å². The first-order chi connectivity index (χ1) is 9.22. The Balaban J connectivity index is 2.05. The summed E-state index contributed by atoms with van der Waals surface area (Å²) in [5.74, 6) is 1.52. The molecular formula is C15H16INO2. The van der Waals surface area contributed by atoms with Crippen LogP contribution in [0.25, 0.3) is 0 Å². The fourth-order valence-corrected chi connectivity index (χ4v) is 2.43. The summed E-state index contributed by atoms with van der Waals surface area (Å²) in [7, 11) is 1.61. The Kier molecular flexibility index (Phi) is 5.01. The SMILES string of the molecule is CCc1ccc(OCc2ccnc(OC)c2)c(I)c1. The summed E-state index contributed by atoms with van der Waals surface area (Å²) in [4.78, 5) is 4.07. The molecule has 0 atom stereocenters. The van der Waals surface area contributed by atoms with Crippen molar-refractivity contribution in [2.45, 2.75) is 20.0 Å². The molecule has 0 aliphatic carbocycles. The van der Waals surface area contributed by atoms with E-state index >= 15 is 0 Å². The summed E-state index contributed by atoms with van der Waals surface area (Å²) in [6, 6.07) is 10.1. The number of ether oxygens (including phenoxy) is 2. The first-order valence-electron chi connectivity index (χ1n) is 6.13. The Morgan fingerprint density at radius 1 is 1.16 bits per heavy atom. The van der Waals surface area contributed by atoms with E-state index in [1.165, 1.54) is 5.56 Å². The zero-order valence-corrected chi connectivity index (χ0v) is 13.2. The molecule has 1 heterocycles. The average molecular weight is 369 g/mol. The second kappa shape index (κ2) is 6.75. The topological polar surface area (TPSA) is 31.4 Å². The molecule has 1 aromatic heterocycles. The molecule has 2 rings (SSSR count). The number of rotatable bonds is 5. The van der Waals surface area contributed by atoms with Gasteiger partial charge < -0.3 is 9.47 Å². The van der Waals surface area contributed by atoms with Crippen LogP contribution in [0, 0.1) is 3.57 Å². The molecule has 0 aliphatic heterocycles. The lowest BCUT2D eigenvalue weighted by atomic mass is 10.2. The van der Waals surface area contributed by atoms with Gasteiger partial charge in [0.25, 0.3) is 0 Å². The molecule has 19 heavy (non-hydrogen) atoms. The predicted octanol–water partition coefficient (Wildman–Crippen LogP) is 3.84. The van der Waals surface area contributed by atoms with Crippen molar-refractivity contribution in [3.05, 3.63) is 51.2 Å². The summed E-state index contributed by atoms with van der Waals surface area (Å²) >= 11 is 2.30. The molecule has 3 nitrogen and oxygen atoms in total. The predicted molar refractivity (Wildman–Crippen MR) is 83.7 cm³/mol.